The van der Waals surface area contributed by atoms with E-state index in [0.29, 0.717) is 12.1 Å². The van der Waals surface area contributed by atoms with Crippen LogP contribution in [0.2, 0.25) is 0 Å². The summed E-state index contributed by atoms with van der Waals surface area (Å²) in [5.41, 5.74) is 8.24. The molecule has 0 unspecified atom stereocenters. The first-order valence-corrected chi connectivity index (χ1v) is 9.43. The summed E-state index contributed by atoms with van der Waals surface area (Å²) >= 11 is 0. The van der Waals surface area contributed by atoms with Crippen molar-refractivity contribution in [1.29, 1.82) is 0 Å². The third-order valence-electron chi connectivity index (χ3n) is 5.23. The van der Waals surface area contributed by atoms with Gasteiger partial charge in [0.1, 0.15) is 0 Å². The maximum absolute atomic E-state index is 11.3. The Morgan fingerprint density at radius 3 is 2.29 bits per heavy atom. The van der Waals surface area contributed by atoms with Crippen LogP contribution in [-0.4, -0.2) is 25.5 Å². The Morgan fingerprint density at radius 1 is 1.04 bits per heavy atom. The minimum absolute atomic E-state index is 0. The molecule has 0 heterocycles. The van der Waals surface area contributed by atoms with Crippen molar-refractivity contribution in [2.24, 2.45) is 10.7 Å². The van der Waals surface area contributed by atoms with Crippen molar-refractivity contribution in [2.45, 2.75) is 38.6 Å². The average Bonchev–Trinajstić information content (AvgIpc) is 2.72. The van der Waals surface area contributed by atoms with Gasteiger partial charge in [0.25, 0.3) is 0 Å². The molecule has 0 spiro atoms. The fourth-order valence-electron chi connectivity index (χ4n) is 3.30. The van der Waals surface area contributed by atoms with Crippen molar-refractivity contribution in [2.75, 3.05) is 13.6 Å². The first-order chi connectivity index (χ1) is 13.0. The van der Waals surface area contributed by atoms with Crippen LogP contribution in [-0.2, 0) is 12.0 Å². The number of halogens is 1. The predicted molar refractivity (Wildman–Crippen MR) is 127 cm³/mol. The summed E-state index contributed by atoms with van der Waals surface area (Å²) in [7, 11) is 1.76. The van der Waals surface area contributed by atoms with E-state index in [4.69, 9.17) is 5.73 Å². The number of benzene rings is 2. The predicted octanol–water partition coefficient (Wildman–Crippen LogP) is 3.83. The second kappa shape index (κ2) is 11.7. The van der Waals surface area contributed by atoms with Crippen LogP contribution in [0.3, 0.4) is 0 Å². The van der Waals surface area contributed by atoms with Crippen molar-refractivity contribution in [1.82, 2.24) is 10.6 Å². The van der Waals surface area contributed by atoms with E-state index in [9.17, 15) is 4.79 Å². The van der Waals surface area contributed by atoms with E-state index in [0.717, 1.165) is 30.9 Å². The van der Waals surface area contributed by atoms with Crippen LogP contribution in [0.25, 0.3) is 0 Å². The summed E-state index contributed by atoms with van der Waals surface area (Å²) in [6.45, 7) is 5.82. The molecule has 0 saturated carbocycles. The first-order valence-electron chi connectivity index (χ1n) is 9.43. The number of hydrogen-bond acceptors (Lipinski definition) is 2. The zero-order valence-corrected chi connectivity index (χ0v) is 19.2. The number of rotatable bonds is 8. The van der Waals surface area contributed by atoms with E-state index in [2.05, 4.69) is 53.7 Å². The fourth-order valence-corrected chi connectivity index (χ4v) is 3.30. The molecule has 0 saturated heterocycles. The van der Waals surface area contributed by atoms with Gasteiger partial charge >= 0.3 is 0 Å². The number of aliphatic imine (C=N–C) groups is 1. The summed E-state index contributed by atoms with van der Waals surface area (Å²) in [5.74, 6) is 0.319. The van der Waals surface area contributed by atoms with Crippen LogP contribution in [0.15, 0.2) is 59.6 Å². The number of primary amides is 1. The molecule has 0 aliphatic carbocycles. The zero-order chi connectivity index (χ0) is 19.7. The molecule has 152 valence electrons. The SMILES string of the molecule is CCC(CC)(CNC(=NC)NCc1cccc(C(N)=O)c1)c1ccccc1.I. The smallest absolute Gasteiger partial charge is 0.248 e. The van der Waals surface area contributed by atoms with Crippen molar-refractivity contribution < 1.29 is 4.79 Å². The van der Waals surface area contributed by atoms with Gasteiger partial charge in [-0.1, -0.05) is 56.3 Å². The number of amides is 1. The summed E-state index contributed by atoms with van der Waals surface area (Å²) in [4.78, 5) is 15.7. The molecule has 2 aromatic carbocycles. The number of nitrogens with two attached hydrogens (primary N) is 1. The third kappa shape index (κ3) is 6.22. The Morgan fingerprint density at radius 2 is 1.71 bits per heavy atom. The van der Waals surface area contributed by atoms with Gasteiger partial charge in [0, 0.05) is 31.1 Å². The Balaban J connectivity index is 0.00000392. The van der Waals surface area contributed by atoms with E-state index >= 15 is 0 Å². The molecule has 28 heavy (non-hydrogen) atoms. The van der Waals surface area contributed by atoms with Crippen molar-refractivity contribution in [3.8, 4) is 0 Å². The maximum atomic E-state index is 11.3. The standard InChI is InChI=1S/C22H30N4O.HI/c1-4-22(5-2,19-12-7-6-8-13-19)16-26-21(24-3)25-15-17-10-9-11-18(14-17)20(23)27;/h6-14H,4-5,15-16H2,1-3H3,(H2,23,27)(H2,24,25,26);1H. The summed E-state index contributed by atoms with van der Waals surface area (Å²) < 4.78 is 0. The van der Waals surface area contributed by atoms with E-state index < -0.39 is 5.91 Å². The number of nitrogens with zero attached hydrogens (tertiary/aromatic N) is 1. The lowest BCUT2D eigenvalue weighted by atomic mass is 9.76. The normalized spacial score (nSPS) is 11.5. The van der Waals surface area contributed by atoms with E-state index in [1.807, 2.05) is 18.2 Å². The number of guanidine groups is 1. The van der Waals surface area contributed by atoms with Gasteiger partial charge < -0.3 is 16.4 Å². The highest BCUT2D eigenvalue weighted by Crippen LogP contribution is 2.30. The number of carbonyl (C=O) groups excluding carboxylic acids is 1. The van der Waals surface area contributed by atoms with Crippen molar-refractivity contribution in [3.63, 3.8) is 0 Å². The molecule has 4 N–H and O–H groups in total. The van der Waals surface area contributed by atoms with Crippen molar-refractivity contribution in [3.05, 3.63) is 71.3 Å². The highest BCUT2D eigenvalue weighted by molar-refractivity contribution is 14.0. The van der Waals surface area contributed by atoms with E-state index in [1.54, 1.807) is 19.2 Å². The van der Waals surface area contributed by atoms with E-state index in [1.165, 1.54) is 5.56 Å². The molecule has 1 amide bonds. The van der Waals surface area contributed by atoms with Crippen LogP contribution in [0.4, 0.5) is 0 Å². The molecule has 0 fully saturated rings. The average molecular weight is 494 g/mol. The Kier molecular flexibility index (Phi) is 9.99. The molecule has 0 atom stereocenters. The Labute approximate surface area is 185 Å². The monoisotopic (exact) mass is 494 g/mol. The van der Waals surface area contributed by atoms with Gasteiger partial charge in [-0.2, -0.15) is 0 Å². The van der Waals surface area contributed by atoms with Gasteiger partial charge in [-0.3, -0.25) is 9.79 Å². The Bertz CT molecular complexity index is 773. The minimum atomic E-state index is -0.419. The van der Waals surface area contributed by atoms with Crippen LogP contribution >= 0.6 is 24.0 Å². The lowest BCUT2D eigenvalue weighted by Crippen LogP contribution is -2.45. The van der Waals surface area contributed by atoms with Crippen LogP contribution in [0.1, 0.15) is 48.2 Å². The number of carbonyl (C=O) groups is 1. The molecule has 0 bridgehead atoms. The number of nitrogens with one attached hydrogen (secondary N) is 2. The van der Waals surface area contributed by atoms with Gasteiger partial charge in [-0.15, -0.1) is 24.0 Å². The second-order valence-corrected chi connectivity index (χ2v) is 6.70. The zero-order valence-electron chi connectivity index (χ0n) is 16.9. The lowest BCUT2D eigenvalue weighted by Gasteiger charge is -2.33. The number of hydrogen-bond donors (Lipinski definition) is 3. The molecule has 0 aliphatic rings. The quantitative estimate of drug-likeness (QED) is 0.297. The molecule has 0 aromatic heterocycles. The highest BCUT2D eigenvalue weighted by atomic mass is 127. The molecule has 0 radical (unpaired) electrons. The Hall–Kier alpha value is -2.09. The minimum Gasteiger partial charge on any atom is -0.366 e. The van der Waals surface area contributed by atoms with Gasteiger partial charge in [-0.25, -0.2) is 0 Å². The van der Waals surface area contributed by atoms with Crippen molar-refractivity contribution >= 4 is 35.8 Å². The molecule has 5 nitrogen and oxygen atoms in total. The van der Waals surface area contributed by atoms with Gasteiger partial charge in [0.05, 0.1) is 0 Å². The van der Waals surface area contributed by atoms with Gasteiger partial charge in [0.15, 0.2) is 5.96 Å². The third-order valence-corrected chi connectivity index (χ3v) is 5.23. The summed E-state index contributed by atoms with van der Waals surface area (Å²) in [6, 6.07) is 17.9. The van der Waals surface area contributed by atoms with Crippen LogP contribution in [0.5, 0.6) is 0 Å². The lowest BCUT2D eigenvalue weighted by molar-refractivity contribution is 0.1000. The largest absolute Gasteiger partial charge is 0.366 e. The van der Waals surface area contributed by atoms with Crippen LogP contribution in [0, 0.1) is 0 Å². The van der Waals surface area contributed by atoms with Gasteiger partial charge in [0.2, 0.25) is 5.91 Å². The molecule has 0 aliphatic heterocycles. The summed E-state index contributed by atoms with van der Waals surface area (Å²) in [6.07, 6.45) is 2.08. The van der Waals surface area contributed by atoms with Gasteiger partial charge in [-0.05, 0) is 36.1 Å². The summed E-state index contributed by atoms with van der Waals surface area (Å²) in [5, 5.41) is 6.78. The second-order valence-electron chi connectivity index (χ2n) is 6.70. The highest BCUT2D eigenvalue weighted by Gasteiger charge is 2.28. The van der Waals surface area contributed by atoms with Crippen LogP contribution < -0.4 is 16.4 Å². The molecule has 2 aromatic rings. The maximum Gasteiger partial charge on any atom is 0.248 e. The molecular formula is C22H31IN4O. The first kappa shape index (κ1) is 23.9. The molecule has 2 rings (SSSR count). The van der Waals surface area contributed by atoms with E-state index in [-0.39, 0.29) is 29.4 Å². The molecule has 6 heteroatoms. The topological polar surface area (TPSA) is 79.5 Å². The molecular weight excluding hydrogens is 463 g/mol. The fraction of sp³-hybridized carbons (Fsp3) is 0.364.